The smallest absolute Gasteiger partial charge is 0.337 e. The molecule has 1 aliphatic heterocycles. The maximum absolute atomic E-state index is 13.4. The molecule has 1 atom stereocenters. The third kappa shape index (κ3) is 2.86. The zero-order chi connectivity index (χ0) is 20.0. The van der Waals surface area contributed by atoms with Gasteiger partial charge in [0.25, 0.3) is 0 Å². The van der Waals surface area contributed by atoms with Gasteiger partial charge in [0.1, 0.15) is 0 Å². The molecule has 0 unspecified atom stereocenters. The van der Waals surface area contributed by atoms with Crippen molar-refractivity contribution in [3.05, 3.63) is 101 Å². The highest BCUT2D eigenvalue weighted by molar-refractivity contribution is 8.00. The lowest BCUT2D eigenvalue weighted by atomic mass is 9.99. The van der Waals surface area contributed by atoms with Crippen LogP contribution in [0.2, 0.25) is 0 Å². The Morgan fingerprint density at radius 3 is 2.38 bits per heavy atom. The van der Waals surface area contributed by atoms with Crippen molar-refractivity contribution in [3.63, 3.8) is 0 Å². The van der Waals surface area contributed by atoms with E-state index in [4.69, 9.17) is 4.74 Å². The zero-order valence-electron chi connectivity index (χ0n) is 15.6. The third-order valence-corrected chi connectivity index (χ3v) is 6.60. The van der Waals surface area contributed by atoms with E-state index in [1.165, 1.54) is 7.11 Å². The number of methoxy groups -OCH3 is 1. The topological polar surface area (TPSA) is 55.4 Å². The molecule has 0 aromatic heterocycles. The third-order valence-electron chi connectivity index (χ3n) is 5.24. The number of rotatable bonds is 2. The number of carbonyl (C=O) groups is 2. The molecular weight excluding hydrogens is 382 g/mol. The fourth-order valence-corrected chi connectivity index (χ4v) is 5.12. The molecule has 0 saturated heterocycles. The van der Waals surface area contributed by atoms with Gasteiger partial charge in [-0.1, -0.05) is 48.5 Å². The lowest BCUT2D eigenvalue weighted by Gasteiger charge is -2.17. The van der Waals surface area contributed by atoms with Crippen LogP contribution in [0.4, 0.5) is 5.69 Å². The molecule has 1 N–H and O–H groups in total. The SMILES string of the molecule is COC(=O)c1ccc([C@@H]2Sc3ccccc3NC3=C2C(=O)c2ccccc23)cc1. The Balaban J connectivity index is 1.67. The predicted octanol–water partition coefficient (Wildman–Crippen LogP) is 5.34. The summed E-state index contributed by atoms with van der Waals surface area (Å²) in [5, 5.41) is 3.32. The Bertz CT molecular complexity index is 1180. The number of hydrogen-bond acceptors (Lipinski definition) is 5. The number of fused-ring (bicyclic) bond motifs is 3. The summed E-state index contributed by atoms with van der Waals surface area (Å²) in [6, 6.07) is 23.1. The Morgan fingerprint density at radius 2 is 1.62 bits per heavy atom. The summed E-state index contributed by atoms with van der Waals surface area (Å²) in [6.07, 6.45) is 0. The number of hydrogen-bond donors (Lipinski definition) is 1. The molecule has 4 nitrogen and oxygen atoms in total. The van der Waals surface area contributed by atoms with Crippen molar-refractivity contribution in [2.45, 2.75) is 10.1 Å². The quantitative estimate of drug-likeness (QED) is 0.590. The number of para-hydroxylation sites is 1. The maximum atomic E-state index is 13.4. The average Bonchev–Trinajstić information content (AvgIpc) is 2.94. The van der Waals surface area contributed by atoms with E-state index in [1.54, 1.807) is 23.9 Å². The number of ether oxygens (including phenoxy) is 1. The number of ketones is 1. The number of Topliss-reactive ketones (excluding diaryl/α,β-unsaturated/α-hetero) is 1. The van der Waals surface area contributed by atoms with Gasteiger partial charge in [0, 0.05) is 21.6 Å². The van der Waals surface area contributed by atoms with Crippen LogP contribution in [0.25, 0.3) is 5.70 Å². The average molecular weight is 399 g/mol. The lowest BCUT2D eigenvalue weighted by molar-refractivity contribution is 0.0600. The van der Waals surface area contributed by atoms with E-state index >= 15 is 0 Å². The van der Waals surface area contributed by atoms with Crippen molar-refractivity contribution in [1.82, 2.24) is 0 Å². The number of carbonyl (C=O) groups excluding carboxylic acids is 2. The van der Waals surface area contributed by atoms with Gasteiger partial charge in [0.05, 0.1) is 29.3 Å². The predicted molar refractivity (Wildman–Crippen MR) is 114 cm³/mol. The van der Waals surface area contributed by atoms with Crippen molar-refractivity contribution in [1.29, 1.82) is 0 Å². The summed E-state index contributed by atoms with van der Waals surface area (Å²) in [7, 11) is 1.37. The summed E-state index contributed by atoms with van der Waals surface area (Å²) in [5.74, 6) is -0.327. The van der Waals surface area contributed by atoms with Gasteiger partial charge in [0.2, 0.25) is 0 Å². The fraction of sp³-hybridized carbons (Fsp3) is 0.0833. The summed E-state index contributed by atoms with van der Waals surface area (Å²) in [5.41, 5.74) is 5.71. The molecule has 142 valence electrons. The van der Waals surface area contributed by atoms with Crippen LogP contribution in [-0.2, 0) is 4.74 Å². The molecule has 5 heteroatoms. The van der Waals surface area contributed by atoms with Crippen LogP contribution in [0.5, 0.6) is 0 Å². The van der Waals surface area contributed by atoms with Crippen molar-refractivity contribution in [2.75, 3.05) is 12.4 Å². The summed E-state index contributed by atoms with van der Waals surface area (Å²) in [6.45, 7) is 0. The molecule has 1 heterocycles. The molecule has 0 radical (unpaired) electrons. The molecular formula is C24H17NO3S. The number of nitrogens with one attached hydrogen (secondary N) is 1. The van der Waals surface area contributed by atoms with Crippen molar-refractivity contribution in [3.8, 4) is 0 Å². The van der Waals surface area contributed by atoms with E-state index in [-0.39, 0.29) is 17.0 Å². The maximum Gasteiger partial charge on any atom is 0.337 e. The monoisotopic (exact) mass is 399 g/mol. The minimum absolute atomic E-state index is 0.0467. The first-order valence-electron chi connectivity index (χ1n) is 9.26. The van der Waals surface area contributed by atoms with Gasteiger partial charge in [-0.05, 0) is 29.8 Å². The molecule has 3 aromatic rings. The van der Waals surface area contributed by atoms with Crippen LogP contribution in [0, 0.1) is 0 Å². The zero-order valence-corrected chi connectivity index (χ0v) is 16.5. The second kappa shape index (κ2) is 6.94. The summed E-state index contributed by atoms with van der Waals surface area (Å²) in [4.78, 5) is 26.2. The van der Waals surface area contributed by atoms with Gasteiger partial charge < -0.3 is 10.1 Å². The highest BCUT2D eigenvalue weighted by Crippen LogP contribution is 2.52. The molecule has 0 bridgehead atoms. The first-order valence-corrected chi connectivity index (χ1v) is 10.1. The van der Waals surface area contributed by atoms with Crippen LogP contribution in [-0.4, -0.2) is 18.9 Å². The Hall–Kier alpha value is -3.31. The largest absolute Gasteiger partial charge is 0.465 e. The van der Waals surface area contributed by atoms with E-state index in [0.717, 1.165) is 38.5 Å². The second-order valence-electron chi connectivity index (χ2n) is 6.90. The molecule has 29 heavy (non-hydrogen) atoms. The van der Waals surface area contributed by atoms with Gasteiger partial charge in [-0.15, -0.1) is 11.8 Å². The highest BCUT2D eigenvalue weighted by atomic mass is 32.2. The van der Waals surface area contributed by atoms with E-state index in [9.17, 15) is 9.59 Å². The minimum Gasteiger partial charge on any atom is -0.465 e. The first kappa shape index (κ1) is 17.8. The van der Waals surface area contributed by atoms with Crippen LogP contribution in [0.3, 0.4) is 0 Å². The molecule has 2 aliphatic rings. The number of anilines is 1. The van der Waals surface area contributed by atoms with E-state index < -0.39 is 0 Å². The van der Waals surface area contributed by atoms with Gasteiger partial charge in [0.15, 0.2) is 5.78 Å². The molecule has 0 fully saturated rings. The fourth-order valence-electron chi connectivity index (χ4n) is 3.83. The van der Waals surface area contributed by atoms with Gasteiger partial charge in [-0.3, -0.25) is 4.79 Å². The van der Waals surface area contributed by atoms with Crippen LogP contribution in [0.15, 0.2) is 83.3 Å². The number of esters is 1. The van der Waals surface area contributed by atoms with E-state index in [1.807, 2.05) is 54.6 Å². The van der Waals surface area contributed by atoms with Crippen LogP contribution >= 0.6 is 11.8 Å². The molecule has 3 aromatic carbocycles. The van der Waals surface area contributed by atoms with Crippen LogP contribution in [0.1, 0.15) is 37.1 Å². The molecule has 0 amide bonds. The molecule has 5 rings (SSSR count). The Morgan fingerprint density at radius 1 is 0.931 bits per heavy atom. The molecule has 0 saturated carbocycles. The van der Waals surface area contributed by atoms with Crippen molar-refractivity contribution < 1.29 is 14.3 Å². The minimum atomic E-state index is -0.374. The van der Waals surface area contributed by atoms with Crippen LogP contribution < -0.4 is 5.32 Å². The first-order chi connectivity index (χ1) is 14.2. The summed E-state index contributed by atoms with van der Waals surface area (Å²) >= 11 is 1.64. The standard InChI is InChI=1S/C24H17NO3S/c1-28-24(27)15-12-10-14(11-13-15)23-20-21(16-6-2-3-7-17(16)22(20)26)25-18-8-4-5-9-19(18)29-23/h2-13,23,25H,1H3/t23-/m0/s1. The van der Waals surface area contributed by atoms with Crippen molar-refractivity contribution in [2.24, 2.45) is 0 Å². The normalized spacial score (nSPS) is 17.0. The van der Waals surface area contributed by atoms with Crippen molar-refractivity contribution >= 4 is 34.9 Å². The number of benzene rings is 3. The van der Waals surface area contributed by atoms with Gasteiger partial charge >= 0.3 is 5.97 Å². The summed E-state index contributed by atoms with van der Waals surface area (Å²) < 4.78 is 4.80. The lowest BCUT2D eigenvalue weighted by Crippen LogP contribution is -2.08. The second-order valence-corrected chi connectivity index (χ2v) is 8.04. The number of thioether (sulfide) groups is 1. The van der Waals surface area contributed by atoms with E-state index in [2.05, 4.69) is 11.4 Å². The van der Waals surface area contributed by atoms with Gasteiger partial charge in [-0.2, -0.15) is 0 Å². The molecule has 1 aliphatic carbocycles. The Kier molecular flexibility index (Phi) is 4.25. The molecule has 0 spiro atoms. The van der Waals surface area contributed by atoms with E-state index in [0.29, 0.717) is 5.56 Å². The Labute approximate surface area is 172 Å². The van der Waals surface area contributed by atoms with Gasteiger partial charge in [-0.25, -0.2) is 4.79 Å². The highest BCUT2D eigenvalue weighted by Gasteiger charge is 2.38.